The maximum atomic E-state index is 13.3. The molecular formula is C24H27FN4O2S. The van der Waals surface area contributed by atoms with Crippen molar-refractivity contribution in [3.63, 3.8) is 0 Å². The van der Waals surface area contributed by atoms with Crippen LogP contribution in [0.1, 0.15) is 29.1 Å². The first-order valence-electron chi connectivity index (χ1n) is 10.7. The molecule has 6 nitrogen and oxygen atoms in total. The number of rotatable bonds is 5. The molecule has 3 aromatic rings. The van der Waals surface area contributed by atoms with E-state index in [0.717, 1.165) is 23.5 Å². The van der Waals surface area contributed by atoms with Gasteiger partial charge in [0.15, 0.2) is 0 Å². The molecule has 1 aliphatic heterocycles. The van der Waals surface area contributed by atoms with Gasteiger partial charge >= 0.3 is 0 Å². The number of hydrogen-bond acceptors (Lipinski definition) is 5. The molecule has 1 saturated heterocycles. The molecule has 4 rings (SSSR count). The zero-order chi connectivity index (χ0) is 22.7. The second-order valence-electron chi connectivity index (χ2n) is 8.02. The SMILES string of the molecule is Cc1nc(C)c(Cc2ccccc2)c(N2CCCN(S(=O)(=O)c3ccc(F)cc3)CC2)n1. The zero-order valence-corrected chi connectivity index (χ0v) is 19.1. The van der Waals surface area contributed by atoms with E-state index < -0.39 is 15.8 Å². The number of halogens is 1. The van der Waals surface area contributed by atoms with E-state index in [4.69, 9.17) is 4.98 Å². The minimum Gasteiger partial charge on any atom is -0.355 e. The third-order valence-corrected chi connectivity index (χ3v) is 7.65. The van der Waals surface area contributed by atoms with Crippen molar-refractivity contribution in [2.45, 2.75) is 31.6 Å². The molecular weight excluding hydrogens is 427 g/mol. The standard InChI is InChI=1S/C24H27FN4O2S/c1-18-23(17-20-7-4-3-5-8-20)24(27-19(2)26-18)28-13-6-14-29(16-15-28)32(30,31)22-11-9-21(25)10-12-22/h3-5,7-12H,6,13-17H2,1-2H3. The van der Waals surface area contributed by atoms with Crippen molar-refractivity contribution in [1.82, 2.24) is 14.3 Å². The van der Waals surface area contributed by atoms with Crippen LogP contribution in [0.4, 0.5) is 10.2 Å². The fourth-order valence-corrected chi connectivity index (χ4v) is 5.56. The Labute approximate surface area is 188 Å². The van der Waals surface area contributed by atoms with E-state index in [1.165, 1.54) is 34.1 Å². The normalized spacial score (nSPS) is 15.5. The lowest BCUT2D eigenvalue weighted by Crippen LogP contribution is -2.35. The molecule has 0 saturated carbocycles. The van der Waals surface area contributed by atoms with E-state index in [-0.39, 0.29) is 4.90 Å². The molecule has 1 fully saturated rings. The minimum atomic E-state index is -3.68. The van der Waals surface area contributed by atoms with Crippen molar-refractivity contribution < 1.29 is 12.8 Å². The Morgan fingerprint density at radius 2 is 1.62 bits per heavy atom. The van der Waals surface area contributed by atoms with E-state index >= 15 is 0 Å². The van der Waals surface area contributed by atoms with Crippen molar-refractivity contribution in [3.8, 4) is 0 Å². The van der Waals surface area contributed by atoms with E-state index in [9.17, 15) is 12.8 Å². The molecule has 0 atom stereocenters. The molecule has 0 unspecified atom stereocenters. The Balaban J connectivity index is 1.59. The highest BCUT2D eigenvalue weighted by molar-refractivity contribution is 7.89. The van der Waals surface area contributed by atoms with Crippen LogP contribution in [-0.4, -0.2) is 48.9 Å². The number of nitrogens with zero attached hydrogens (tertiary/aromatic N) is 4. The molecule has 0 N–H and O–H groups in total. The summed E-state index contributed by atoms with van der Waals surface area (Å²) in [5.41, 5.74) is 3.19. The zero-order valence-electron chi connectivity index (χ0n) is 18.3. The van der Waals surface area contributed by atoms with Gasteiger partial charge in [0.25, 0.3) is 0 Å². The minimum absolute atomic E-state index is 0.117. The molecule has 32 heavy (non-hydrogen) atoms. The number of anilines is 1. The van der Waals surface area contributed by atoms with Crippen molar-refractivity contribution in [1.29, 1.82) is 0 Å². The van der Waals surface area contributed by atoms with E-state index in [1.54, 1.807) is 0 Å². The first kappa shape index (κ1) is 22.4. The lowest BCUT2D eigenvalue weighted by atomic mass is 10.0. The summed E-state index contributed by atoms with van der Waals surface area (Å²) in [7, 11) is -3.68. The molecule has 0 radical (unpaired) electrons. The summed E-state index contributed by atoms with van der Waals surface area (Å²) in [5, 5.41) is 0. The average Bonchev–Trinajstić information content (AvgIpc) is 3.03. The van der Waals surface area contributed by atoms with Gasteiger partial charge in [-0.3, -0.25) is 0 Å². The quantitative estimate of drug-likeness (QED) is 0.588. The second-order valence-corrected chi connectivity index (χ2v) is 9.96. The van der Waals surface area contributed by atoms with Gasteiger partial charge in [-0.05, 0) is 50.1 Å². The van der Waals surface area contributed by atoms with Crippen LogP contribution in [-0.2, 0) is 16.4 Å². The topological polar surface area (TPSA) is 66.4 Å². The van der Waals surface area contributed by atoms with Gasteiger partial charge in [-0.25, -0.2) is 22.8 Å². The van der Waals surface area contributed by atoms with Crippen LogP contribution in [0.5, 0.6) is 0 Å². The van der Waals surface area contributed by atoms with Crippen LogP contribution in [0.25, 0.3) is 0 Å². The molecule has 2 heterocycles. The molecule has 0 bridgehead atoms. The summed E-state index contributed by atoms with van der Waals surface area (Å²) in [6.07, 6.45) is 1.39. The molecule has 1 aromatic heterocycles. The Bertz CT molecular complexity index is 1180. The third-order valence-electron chi connectivity index (χ3n) is 5.73. The van der Waals surface area contributed by atoms with Crippen molar-refractivity contribution in [3.05, 3.63) is 83.1 Å². The van der Waals surface area contributed by atoms with Crippen molar-refractivity contribution >= 4 is 15.8 Å². The predicted octanol–water partition coefficient (Wildman–Crippen LogP) is 3.72. The average molecular weight is 455 g/mol. The molecule has 0 spiro atoms. The van der Waals surface area contributed by atoms with Crippen LogP contribution in [0, 0.1) is 19.7 Å². The highest BCUT2D eigenvalue weighted by Crippen LogP contribution is 2.26. The molecule has 0 amide bonds. The molecule has 1 aliphatic rings. The second kappa shape index (κ2) is 9.34. The van der Waals surface area contributed by atoms with Gasteiger partial charge < -0.3 is 4.90 Å². The van der Waals surface area contributed by atoms with E-state index in [0.29, 0.717) is 38.4 Å². The molecule has 8 heteroatoms. The smallest absolute Gasteiger partial charge is 0.243 e. The van der Waals surface area contributed by atoms with Crippen molar-refractivity contribution in [2.24, 2.45) is 0 Å². The van der Waals surface area contributed by atoms with Gasteiger partial charge in [0.05, 0.1) is 4.90 Å². The maximum Gasteiger partial charge on any atom is 0.243 e. The predicted molar refractivity (Wildman–Crippen MR) is 123 cm³/mol. The molecule has 2 aromatic carbocycles. The van der Waals surface area contributed by atoms with Crippen LogP contribution in [0.2, 0.25) is 0 Å². The van der Waals surface area contributed by atoms with Gasteiger partial charge in [-0.2, -0.15) is 4.31 Å². The Morgan fingerprint density at radius 1 is 0.906 bits per heavy atom. The summed E-state index contributed by atoms with van der Waals surface area (Å²) in [4.78, 5) is 11.6. The highest BCUT2D eigenvalue weighted by Gasteiger charge is 2.28. The largest absolute Gasteiger partial charge is 0.355 e. The number of hydrogen-bond donors (Lipinski definition) is 0. The Morgan fingerprint density at radius 3 is 2.34 bits per heavy atom. The van der Waals surface area contributed by atoms with Crippen molar-refractivity contribution in [2.75, 3.05) is 31.1 Å². The van der Waals surface area contributed by atoms with Gasteiger partial charge in [0.2, 0.25) is 10.0 Å². The summed E-state index contributed by atoms with van der Waals surface area (Å²) >= 11 is 0. The van der Waals surface area contributed by atoms with Crippen LogP contribution in [0.15, 0.2) is 59.5 Å². The number of aryl methyl sites for hydroxylation is 2. The van der Waals surface area contributed by atoms with Crippen LogP contribution >= 0.6 is 0 Å². The van der Waals surface area contributed by atoms with E-state index in [1.807, 2.05) is 32.0 Å². The summed E-state index contributed by atoms with van der Waals surface area (Å²) in [5.74, 6) is 1.13. The number of aromatic nitrogens is 2. The highest BCUT2D eigenvalue weighted by atomic mass is 32.2. The van der Waals surface area contributed by atoms with Gasteiger partial charge in [0, 0.05) is 43.9 Å². The Kier molecular flexibility index (Phi) is 6.53. The van der Waals surface area contributed by atoms with Gasteiger partial charge in [-0.1, -0.05) is 30.3 Å². The van der Waals surface area contributed by atoms with Crippen LogP contribution < -0.4 is 4.90 Å². The Hall–Kier alpha value is -2.84. The van der Waals surface area contributed by atoms with Crippen LogP contribution in [0.3, 0.4) is 0 Å². The lowest BCUT2D eigenvalue weighted by molar-refractivity contribution is 0.433. The monoisotopic (exact) mass is 454 g/mol. The number of benzene rings is 2. The van der Waals surface area contributed by atoms with Gasteiger partial charge in [0.1, 0.15) is 17.5 Å². The summed E-state index contributed by atoms with van der Waals surface area (Å²) in [6.45, 7) is 5.86. The summed E-state index contributed by atoms with van der Waals surface area (Å²) in [6, 6.07) is 15.2. The maximum absolute atomic E-state index is 13.3. The fourth-order valence-electron chi connectivity index (χ4n) is 4.09. The first-order chi connectivity index (χ1) is 15.3. The van der Waals surface area contributed by atoms with Gasteiger partial charge in [-0.15, -0.1) is 0 Å². The molecule has 0 aliphatic carbocycles. The summed E-state index contributed by atoms with van der Waals surface area (Å²) < 4.78 is 40.9. The molecule has 168 valence electrons. The number of sulfonamides is 1. The fraction of sp³-hybridized carbons (Fsp3) is 0.333. The first-order valence-corrected chi connectivity index (χ1v) is 12.2. The third kappa shape index (κ3) is 4.81. The van der Waals surface area contributed by atoms with E-state index in [2.05, 4.69) is 22.0 Å². The lowest BCUT2D eigenvalue weighted by Gasteiger charge is -2.26.